The number of hydrogen-bond donors (Lipinski definition) is 0. The van der Waals surface area contributed by atoms with Gasteiger partial charge in [0, 0.05) is 19.6 Å². The van der Waals surface area contributed by atoms with Crippen LogP contribution in [0, 0.1) is 0 Å². The Hall–Kier alpha value is -2.50. The average Bonchev–Trinajstić information content (AvgIpc) is 3.04. The van der Waals surface area contributed by atoms with Crippen molar-refractivity contribution >= 4 is 43.2 Å². The summed E-state index contributed by atoms with van der Waals surface area (Å²) >= 11 is 1.25. The smallest absolute Gasteiger partial charge is 0.263 e. The number of nitrogens with zero attached hydrogens (tertiary/aromatic N) is 3. The molecule has 0 unspecified atom stereocenters. The highest BCUT2D eigenvalue weighted by Gasteiger charge is 2.25. The molecule has 2 aromatic rings. The number of ether oxygens (including phenoxy) is 2. The summed E-state index contributed by atoms with van der Waals surface area (Å²) in [6.07, 6.45) is 1.66. The van der Waals surface area contributed by atoms with Crippen LogP contribution in [0.3, 0.4) is 0 Å². The molecule has 0 radical (unpaired) electrons. The van der Waals surface area contributed by atoms with Gasteiger partial charge in [0.05, 0.1) is 30.5 Å². The van der Waals surface area contributed by atoms with Gasteiger partial charge in [-0.2, -0.15) is 4.99 Å². The lowest BCUT2D eigenvalue weighted by Gasteiger charge is -2.26. The molecule has 162 valence electrons. The predicted octanol–water partition coefficient (Wildman–Crippen LogP) is 0.598. The third-order valence-corrected chi connectivity index (χ3v) is 6.89. The Morgan fingerprint density at radius 2 is 2.03 bits per heavy atom. The van der Waals surface area contributed by atoms with E-state index in [9.17, 15) is 18.0 Å². The van der Waals surface area contributed by atoms with Crippen LogP contribution < -0.4 is 9.54 Å². The summed E-state index contributed by atoms with van der Waals surface area (Å²) in [7, 11) is -2.38. The van der Waals surface area contributed by atoms with E-state index < -0.39 is 33.2 Å². The van der Waals surface area contributed by atoms with E-state index in [-0.39, 0.29) is 0 Å². The molecular formula is C19H23N3O6S2. The van der Waals surface area contributed by atoms with Crippen molar-refractivity contribution in [2.45, 2.75) is 6.54 Å². The van der Waals surface area contributed by atoms with E-state index in [0.717, 1.165) is 10.2 Å². The molecule has 0 bridgehead atoms. The molecule has 11 heteroatoms. The number of fused-ring (bicyclic) bond motifs is 1. The van der Waals surface area contributed by atoms with Gasteiger partial charge < -0.3 is 18.9 Å². The quantitative estimate of drug-likeness (QED) is 0.568. The lowest BCUT2D eigenvalue weighted by molar-refractivity contribution is -0.132. The molecule has 2 amide bonds. The number of methoxy groups -OCH3 is 1. The monoisotopic (exact) mass is 453 g/mol. The molecule has 3 rings (SSSR count). The summed E-state index contributed by atoms with van der Waals surface area (Å²) in [6, 6.07) is 5.46. The van der Waals surface area contributed by atoms with E-state index in [1.165, 1.54) is 16.2 Å². The fourth-order valence-electron chi connectivity index (χ4n) is 3.04. The fraction of sp³-hybridized carbons (Fsp3) is 0.421. The predicted molar refractivity (Wildman–Crippen MR) is 113 cm³/mol. The first-order valence-corrected chi connectivity index (χ1v) is 11.9. The van der Waals surface area contributed by atoms with Crippen molar-refractivity contribution < 1.29 is 27.5 Å². The van der Waals surface area contributed by atoms with Crippen LogP contribution in [0.4, 0.5) is 0 Å². The van der Waals surface area contributed by atoms with Crippen LogP contribution >= 0.6 is 11.3 Å². The first-order valence-electron chi connectivity index (χ1n) is 9.25. The number of aromatic nitrogens is 1. The highest BCUT2D eigenvalue weighted by molar-refractivity contribution is 7.92. The summed E-state index contributed by atoms with van der Waals surface area (Å²) in [4.78, 5) is 30.4. The molecule has 0 aliphatic carbocycles. The van der Waals surface area contributed by atoms with Crippen molar-refractivity contribution in [2.75, 3.05) is 44.9 Å². The average molecular weight is 454 g/mol. The Kier molecular flexibility index (Phi) is 7.06. The van der Waals surface area contributed by atoms with Crippen LogP contribution in [0.25, 0.3) is 10.2 Å². The highest BCUT2D eigenvalue weighted by Crippen LogP contribution is 2.23. The highest BCUT2D eigenvalue weighted by atomic mass is 32.2. The maximum Gasteiger partial charge on any atom is 0.263 e. The Labute approximate surface area is 178 Å². The molecule has 1 aliphatic heterocycles. The molecule has 9 nitrogen and oxygen atoms in total. The summed E-state index contributed by atoms with van der Waals surface area (Å²) < 4.78 is 37.7. The van der Waals surface area contributed by atoms with Crippen molar-refractivity contribution in [1.82, 2.24) is 9.47 Å². The van der Waals surface area contributed by atoms with E-state index in [0.29, 0.717) is 43.4 Å². The number of amides is 2. The summed E-state index contributed by atoms with van der Waals surface area (Å²) in [5, 5.41) is 0. The van der Waals surface area contributed by atoms with Crippen LogP contribution in [-0.4, -0.2) is 74.6 Å². The van der Waals surface area contributed by atoms with Crippen molar-refractivity contribution in [3.8, 4) is 5.75 Å². The topological polar surface area (TPSA) is 107 Å². The second kappa shape index (κ2) is 9.54. The molecule has 1 aromatic carbocycles. The van der Waals surface area contributed by atoms with Crippen molar-refractivity contribution in [1.29, 1.82) is 0 Å². The van der Waals surface area contributed by atoms with Gasteiger partial charge in [-0.25, -0.2) is 8.42 Å². The Balaban J connectivity index is 1.81. The normalized spacial score (nSPS) is 15.4. The largest absolute Gasteiger partial charge is 0.497 e. The summed E-state index contributed by atoms with van der Waals surface area (Å²) in [5.74, 6) is -2.22. The third kappa shape index (κ3) is 5.35. The number of carbonyl (C=O) groups is 2. The van der Waals surface area contributed by atoms with Gasteiger partial charge in [0.25, 0.3) is 5.91 Å². The van der Waals surface area contributed by atoms with Gasteiger partial charge >= 0.3 is 0 Å². The zero-order valence-electron chi connectivity index (χ0n) is 16.6. The fourth-order valence-corrected chi connectivity index (χ4v) is 5.23. The number of benzene rings is 1. The minimum atomic E-state index is -3.94. The number of sulfone groups is 1. The molecule has 1 saturated heterocycles. The first-order chi connectivity index (χ1) is 14.3. The maximum atomic E-state index is 12.4. The lowest BCUT2D eigenvalue weighted by Crippen LogP contribution is -2.43. The lowest BCUT2D eigenvalue weighted by atomic mass is 10.3. The molecular weight excluding hydrogens is 430 g/mol. The van der Waals surface area contributed by atoms with Crippen molar-refractivity contribution in [3.05, 3.63) is 35.7 Å². The first kappa shape index (κ1) is 22.2. The Morgan fingerprint density at radius 1 is 1.30 bits per heavy atom. The molecule has 1 aliphatic rings. The minimum absolute atomic E-state index is 0.347. The number of hydrogen-bond acceptors (Lipinski definition) is 7. The molecule has 30 heavy (non-hydrogen) atoms. The van der Waals surface area contributed by atoms with E-state index in [2.05, 4.69) is 11.6 Å². The number of morpholine rings is 1. The molecule has 0 N–H and O–H groups in total. The third-order valence-electron chi connectivity index (χ3n) is 4.47. The van der Waals surface area contributed by atoms with Crippen LogP contribution in [0.2, 0.25) is 0 Å². The van der Waals surface area contributed by atoms with Gasteiger partial charge in [0.15, 0.2) is 14.6 Å². The van der Waals surface area contributed by atoms with E-state index >= 15 is 0 Å². The zero-order chi connectivity index (χ0) is 21.7. The number of carbonyl (C=O) groups excluding carboxylic acids is 2. The molecule has 2 heterocycles. The van der Waals surface area contributed by atoms with Gasteiger partial charge in [0.2, 0.25) is 5.91 Å². The van der Waals surface area contributed by atoms with E-state index in [4.69, 9.17) is 9.47 Å². The van der Waals surface area contributed by atoms with Gasteiger partial charge in [0.1, 0.15) is 17.3 Å². The second-order valence-corrected chi connectivity index (χ2v) is 9.72. The van der Waals surface area contributed by atoms with Gasteiger partial charge in [-0.3, -0.25) is 9.59 Å². The Morgan fingerprint density at radius 3 is 2.70 bits per heavy atom. The van der Waals surface area contributed by atoms with Gasteiger partial charge in [-0.05, 0) is 18.2 Å². The molecule has 0 spiro atoms. The molecule has 0 atom stereocenters. The molecule has 1 fully saturated rings. The van der Waals surface area contributed by atoms with Gasteiger partial charge in [-0.15, -0.1) is 6.58 Å². The SMILES string of the molecule is C=CCn1c(=NC(=O)CS(=O)(=O)CC(=O)N2CCOCC2)sc2cc(OC)ccc21. The number of allylic oxidation sites excluding steroid dienone is 1. The second-order valence-electron chi connectivity index (χ2n) is 6.65. The minimum Gasteiger partial charge on any atom is -0.497 e. The van der Waals surface area contributed by atoms with Crippen LogP contribution in [0.15, 0.2) is 35.8 Å². The molecule has 1 aromatic heterocycles. The number of thiazole rings is 1. The van der Waals surface area contributed by atoms with Crippen molar-refractivity contribution in [3.63, 3.8) is 0 Å². The number of rotatable bonds is 7. The van der Waals surface area contributed by atoms with Crippen LogP contribution in [0.5, 0.6) is 5.75 Å². The summed E-state index contributed by atoms with van der Waals surface area (Å²) in [6.45, 7) is 5.57. The zero-order valence-corrected chi connectivity index (χ0v) is 18.2. The van der Waals surface area contributed by atoms with E-state index in [1.54, 1.807) is 23.8 Å². The van der Waals surface area contributed by atoms with Crippen LogP contribution in [-0.2, 0) is 30.7 Å². The van der Waals surface area contributed by atoms with E-state index in [1.807, 2.05) is 12.1 Å². The van der Waals surface area contributed by atoms with Crippen LogP contribution in [0.1, 0.15) is 0 Å². The Bertz CT molecular complexity index is 1130. The van der Waals surface area contributed by atoms with Gasteiger partial charge in [-0.1, -0.05) is 17.4 Å². The molecule has 0 saturated carbocycles. The maximum absolute atomic E-state index is 12.4. The standard InChI is InChI=1S/C19H23N3O6S2/c1-3-6-22-15-5-4-14(27-2)11-16(15)29-19(22)20-17(23)12-30(25,26)13-18(24)21-7-9-28-10-8-21/h3-5,11H,1,6-10,12-13H2,2H3. The van der Waals surface area contributed by atoms with Crippen molar-refractivity contribution in [2.24, 2.45) is 4.99 Å². The summed E-state index contributed by atoms with van der Waals surface area (Å²) in [5.41, 5.74) is 0.831.